The van der Waals surface area contributed by atoms with Gasteiger partial charge in [-0.3, -0.25) is 0 Å². The Labute approximate surface area is 156 Å². The van der Waals surface area contributed by atoms with Gasteiger partial charge < -0.3 is 0 Å². The number of benzene rings is 2. The molecule has 0 radical (unpaired) electrons. The molecule has 0 fully saturated rings. The van der Waals surface area contributed by atoms with Gasteiger partial charge in [0.2, 0.25) is 0 Å². The van der Waals surface area contributed by atoms with E-state index >= 15 is 0 Å². The molecule has 1 aliphatic carbocycles. The first-order valence-electron chi connectivity index (χ1n) is 9.09. The molecule has 0 atom stereocenters. The molecule has 24 heavy (non-hydrogen) atoms. The predicted octanol–water partition coefficient (Wildman–Crippen LogP) is 7.07. The van der Waals surface area contributed by atoms with Gasteiger partial charge >= 0.3 is 157 Å². The van der Waals surface area contributed by atoms with Crippen LogP contribution in [0.15, 0.2) is 36.4 Å². The van der Waals surface area contributed by atoms with Gasteiger partial charge in [-0.25, -0.2) is 0 Å². The molecule has 0 nitrogen and oxygen atoms in total. The molecule has 0 saturated carbocycles. The van der Waals surface area contributed by atoms with Gasteiger partial charge in [0.05, 0.1) is 0 Å². The van der Waals surface area contributed by atoms with Crippen LogP contribution in [0.1, 0.15) is 67.5 Å². The van der Waals surface area contributed by atoms with Crippen molar-refractivity contribution in [2.75, 3.05) is 0 Å². The molecule has 0 amide bonds. The van der Waals surface area contributed by atoms with Crippen LogP contribution in [0.25, 0.3) is 11.1 Å². The summed E-state index contributed by atoms with van der Waals surface area (Å²) in [6.07, 6.45) is 0. The first-order chi connectivity index (χ1) is 11.0. The maximum atomic E-state index is 2.56. The molecule has 3 rings (SSSR count). The third kappa shape index (κ3) is 3.09. The summed E-state index contributed by atoms with van der Waals surface area (Å²) in [6, 6.07) is 14.6. The van der Waals surface area contributed by atoms with Crippen molar-refractivity contribution in [3.63, 3.8) is 0 Å². The monoisotopic (exact) mass is 487 g/mol. The first-order valence-corrected chi connectivity index (χ1v) is 18.4. The van der Waals surface area contributed by atoms with E-state index in [0.29, 0.717) is 0 Å². The maximum absolute atomic E-state index is 2.56. The number of hydrogen-bond donors (Lipinski definition) is 0. The van der Waals surface area contributed by atoms with Gasteiger partial charge in [0.25, 0.3) is 0 Å². The molecule has 0 aromatic heterocycles. The van der Waals surface area contributed by atoms with Crippen molar-refractivity contribution in [1.29, 1.82) is 0 Å². The number of fused-ring (bicyclic) bond motifs is 3. The molecule has 0 aliphatic heterocycles. The zero-order chi connectivity index (χ0) is 17.9. The van der Waals surface area contributed by atoms with Crippen molar-refractivity contribution in [1.82, 2.24) is 0 Å². The third-order valence-electron chi connectivity index (χ3n) is 5.33. The summed E-state index contributed by atoms with van der Waals surface area (Å²) in [5, 5.41) is 0. The van der Waals surface area contributed by atoms with E-state index < -0.39 is 21.4 Å². The van der Waals surface area contributed by atoms with E-state index in [4.69, 9.17) is 0 Å². The molecule has 0 heterocycles. The molecular formula is C23H31Hf. The van der Waals surface area contributed by atoms with Gasteiger partial charge in [0.15, 0.2) is 0 Å². The van der Waals surface area contributed by atoms with Crippen LogP contribution in [0.3, 0.4) is 0 Å². The van der Waals surface area contributed by atoms with Crippen molar-refractivity contribution in [2.45, 2.75) is 65.4 Å². The van der Waals surface area contributed by atoms with Crippen LogP contribution >= 0.6 is 0 Å². The standard InChI is InChI=1S/C21H25.2CH3.Hf/c1-20(2,3)16-9-7-14-11-15-8-10-17(21(4,5)6)13-19(15)18(14)12-16;;;/h7-13H,1-6H3;2*1H3;. The molecule has 0 spiro atoms. The van der Waals surface area contributed by atoms with E-state index in [2.05, 4.69) is 87.3 Å². The van der Waals surface area contributed by atoms with Crippen molar-refractivity contribution in [3.05, 3.63) is 58.7 Å². The molecule has 2 aromatic rings. The molecule has 0 N–H and O–H groups in total. The summed E-state index contributed by atoms with van der Waals surface area (Å²) in [5.74, 6) is 0. The Morgan fingerprint density at radius 2 is 1.04 bits per heavy atom. The Balaban J connectivity index is 2.25. The summed E-state index contributed by atoms with van der Waals surface area (Å²) in [6.45, 7) is 13.9. The van der Waals surface area contributed by atoms with E-state index in [1.807, 2.05) is 0 Å². The van der Waals surface area contributed by atoms with Crippen molar-refractivity contribution in [3.8, 4) is 11.1 Å². The van der Waals surface area contributed by atoms with E-state index in [1.54, 1.807) is 11.1 Å². The molecular weight excluding hydrogens is 455 g/mol. The fourth-order valence-electron chi connectivity index (χ4n) is 3.81. The molecule has 0 unspecified atom stereocenters. The molecule has 127 valence electrons. The molecule has 1 aliphatic rings. The topological polar surface area (TPSA) is 0 Å². The summed E-state index contributed by atoms with van der Waals surface area (Å²) in [7, 11) is 0. The van der Waals surface area contributed by atoms with Crippen LogP contribution in [-0.2, 0) is 32.3 Å². The SMILES string of the molecule is [CH3][Hf]([CH3])[CH]1c2ccc(C(C)(C)C)cc2-c2cc(C(C)(C)C)ccc21. The first kappa shape index (κ1) is 18.1. The van der Waals surface area contributed by atoms with Crippen molar-refractivity contribution in [2.24, 2.45) is 0 Å². The third-order valence-corrected chi connectivity index (χ3v) is 11.7. The van der Waals surface area contributed by atoms with Gasteiger partial charge in [-0.2, -0.15) is 0 Å². The second-order valence-electron chi connectivity index (χ2n) is 9.61. The zero-order valence-corrected chi connectivity index (χ0v) is 20.1. The molecule has 0 bridgehead atoms. The zero-order valence-electron chi connectivity index (χ0n) is 16.5. The average Bonchev–Trinajstić information content (AvgIpc) is 2.78. The van der Waals surface area contributed by atoms with Crippen LogP contribution in [-0.4, -0.2) is 0 Å². The summed E-state index contributed by atoms with van der Waals surface area (Å²) in [4.78, 5) is 0. The minimum absolute atomic E-state index is 0.205. The van der Waals surface area contributed by atoms with Crippen molar-refractivity contribution < 1.29 is 21.4 Å². The van der Waals surface area contributed by atoms with Crippen LogP contribution < -0.4 is 0 Å². The van der Waals surface area contributed by atoms with Crippen LogP contribution in [0.4, 0.5) is 0 Å². The van der Waals surface area contributed by atoms with Gasteiger partial charge in [-0.15, -0.1) is 0 Å². The van der Waals surface area contributed by atoms with E-state index in [1.165, 1.54) is 22.3 Å². The van der Waals surface area contributed by atoms with Gasteiger partial charge in [0.1, 0.15) is 0 Å². The normalized spacial score (nSPS) is 14.5. The van der Waals surface area contributed by atoms with Crippen LogP contribution in [0.5, 0.6) is 0 Å². The quantitative estimate of drug-likeness (QED) is 0.379. The van der Waals surface area contributed by atoms with Crippen molar-refractivity contribution >= 4 is 0 Å². The number of hydrogen-bond acceptors (Lipinski definition) is 0. The summed E-state index contributed by atoms with van der Waals surface area (Å²) >= 11 is -1.57. The van der Waals surface area contributed by atoms with Crippen LogP contribution in [0, 0.1) is 0 Å². The number of rotatable bonds is 1. The van der Waals surface area contributed by atoms with Gasteiger partial charge in [-0.1, -0.05) is 0 Å². The second-order valence-corrected chi connectivity index (χ2v) is 19.4. The average molecular weight is 486 g/mol. The fourth-order valence-corrected chi connectivity index (χ4v) is 10.1. The molecule has 0 saturated heterocycles. The van der Waals surface area contributed by atoms with Gasteiger partial charge in [-0.05, 0) is 0 Å². The second kappa shape index (κ2) is 5.94. The minimum atomic E-state index is -1.57. The Morgan fingerprint density at radius 3 is 1.33 bits per heavy atom. The fraction of sp³-hybridized carbons (Fsp3) is 0.478. The Hall–Kier alpha value is -0.690. The van der Waals surface area contributed by atoms with E-state index in [-0.39, 0.29) is 10.8 Å². The van der Waals surface area contributed by atoms with E-state index in [0.717, 1.165) is 3.67 Å². The predicted molar refractivity (Wildman–Crippen MR) is 103 cm³/mol. The Bertz CT molecular complexity index is 706. The molecule has 1 heteroatoms. The van der Waals surface area contributed by atoms with Crippen LogP contribution in [0.2, 0.25) is 9.36 Å². The van der Waals surface area contributed by atoms with E-state index in [9.17, 15) is 0 Å². The van der Waals surface area contributed by atoms with Gasteiger partial charge in [0, 0.05) is 0 Å². The summed E-state index contributed by atoms with van der Waals surface area (Å²) in [5.41, 5.74) is 9.56. The Morgan fingerprint density at radius 1 is 0.667 bits per heavy atom. The summed E-state index contributed by atoms with van der Waals surface area (Å²) < 4.78 is 5.86. The Kier molecular flexibility index (Phi) is 4.48. The molecule has 2 aromatic carbocycles.